The number of benzene rings is 3. The Morgan fingerprint density at radius 1 is 0.940 bits per heavy atom. The highest BCUT2D eigenvalue weighted by atomic mass is 35.5. The third-order valence-electron chi connectivity index (χ3n) is 9.39. The van der Waals surface area contributed by atoms with Crippen LogP contribution < -0.4 is 19.8 Å². The second kappa shape index (κ2) is 16.2. The first-order valence-corrected chi connectivity index (χ1v) is 17.3. The molecule has 3 aliphatic rings. The molecule has 2 bridgehead atoms. The molecule has 4 aromatic rings. The van der Waals surface area contributed by atoms with E-state index in [2.05, 4.69) is 15.2 Å². The number of carbonyl (C=O) groups is 2. The van der Waals surface area contributed by atoms with Crippen molar-refractivity contribution in [3.63, 3.8) is 0 Å². The van der Waals surface area contributed by atoms with E-state index in [0.717, 1.165) is 38.0 Å². The fourth-order valence-electron chi connectivity index (χ4n) is 6.62. The molecule has 3 aliphatic heterocycles. The van der Waals surface area contributed by atoms with Gasteiger partial charge in [-0.05, 0) is 84.9 Å². The van der Waals surface area contributed by atoms with E-state index in [1.54, 1.807) is 68.0 Å². The van der Waals surface area contributed by atoms with Gasteiger partial charge in [0.05, 0.1) is 19.8 Å². The zero-order valence-electron chi connectivity index (χ0n) is 27.8. The molecule has 0 amide bonds. The number of halogens is 3. The van der Waals surface area contributed by atoms with Gasteiger partial charge in [-0.2, -0.15) is 0 Å². The number of rotatable bonds is 13. The van der Waals surface area contributed by atoms with Crippen LogP contribution in [0, 0.1) is 11.7 Å². The van der Waals surface area contributed by atoms with Crippen molar-refractivity contribution >= 4 is 35.1 Å². The van der Waals surface area contributed by atoms with Crippen molar-refractivity contribution in [2.24, 2.45) is 5.92 Å². The van der Waals surface area contributed by atoms with Gasteiger partial charge in [0.2, 0.25) is 0 Å². The van der Waals surface area contributed by atoms with E-state index >= 15 is 0 Å². The summed E-state index contributed by atoms with van der Waals surface area (Å²) in [5, 5.41) is 4.08. The minimum atomic E-state index is -0.839. The highest BCUT2D eigenvalue weighted by molar-refractivity contribution is 6.35. The van der Waals surface area contributed by atoms with Crippen molar-refractivity contribution in [1.29, 1.82) is 0 Å². The van der Waals surface area contributed by atoms with Gasteiger partial charge >= 0.3 is 11.9 Å². The highest BCUT2D eigenvalue weighted by Crippen LogP contribution is 2.36. The minimum Gasteiger partial charge on any atom is -0.493 e. The van der Waals surface area contributed by atoms with Crippen molar-refractivity contribution in [3.05, 3.63) is 123 Å². The SMILES string of the molecule is COc1ccc(C(Cc2c(Cl)c[nH+]cc2Cl)OC(=O)c2cccc(CNC(C(=O)O[C@H]3CN4CCC3CC4)c3ccc(F)cc3)c2)cc1OC. The Bertz CT molecular complexity index is 1800. The first-order chi connectivity index (χ1) is 24.2. The van der Waals surface area contributed by atoms with E-state index in [1.807, 2.05) is 6.07 Å². The molecule has 2 N–H and O–H groups in total. The Balaban J connectivity index is 1.20. The van der Waals surface area contributed by atoms with E-state index in [1.165, 1.54) is 19.2 Å². The van der Waals surface area contributed by atoms with Crippen molar-refractivity contribution in [3.8, 4) is 11.5 Å². The largest absolute Gasteiger partial charge is 0.493 e. The number of carbonyl (C=O) groups excluding carboxylic acids is 2. The van der Waals surface area contributed by atoms with E-state index in [4.69, 9.17) is 42.1 Å². The number of piperidine rings is 3. The number of H-pyrrole nitrogens is 1. The molecule has 1 aromatic heterocycles. The summed E-state index contributed by atoms with van der Waals surface area (Å²) in [4.78, 5) is 32.5. The molecule has 7 rings (SSSR count). The molecule has 3 fully saturated rings. The summed E-state index contributed by atoms with van der Waals surface area (Å²) in [7, 11) is 3.07. The van der Waals surface area contributed by atoms with Crippen molar-refractivity contribution in [2.75, 3.05) is 33.9 Å². The van der Waals surface area contributed by atoms with Crippen LogP contribution in [-0.2, 0) is 27.2 Å². The van der Waals surface area contributed by atoms with E-state index in [9.17, 15) is 14.0 Å². The fourth-order valence-corrected chi connectivity index (χ4v) is 7.15. The second-order valence-electron chi connectivity index (χ2n) is 12.5. The third-order valence-corrected chi connectivity index (χ3v) is 10.1. The van der Waals surface area contributed by atoms with Crippen LogP contribution in [0.1, 0.15) is 57.6 Å². The van der Waals surface area contributed by atoms with Crippen molar-refractivity contribution in [1.82, 2.24) is 10.2 Å². The third kappa shape index (κ3) is 8.38. The number of hydrogen-bond acceptors (Lipinski definition) is 8. The van der Waals surface area contributed by atoms with Gasteiger partial charge in [-0.3, -0.25) is 10.2 Å². The zero-order valence-corrected chi connectivity index (χ0v) is 29.3. The molecule has 4 heterocycles. The molecule has 3 atom stereocenters. The summed E-state index contributed by atoms with van der Waals surface area (Å²) in [6, 6.07) is 17.2. The van der Waals surface area contributed by atoms with Gasteiger partial charge in [0.25, 0.3) is 0 Å². The number of esters is 2. The van der Waals surface area contributed by atoms with Gasteiger partial charge in [-0.1, -0.05) is 53.5 Å². The molecule has 262 valence electrons. The molecule has 3 saturated heterocycles. The van der Waals surface area contributed by atoms with Gasteiger partial charge in [0, 0.05) is 25.1 Å². The number of aromatic amines is 1. The second-order valence-corrected chi connectivity index (χ2v) is 13.3. The maximum absolute atomic E-state index is 13.8. The highest BCUT2D eigenvalue weighted by Gasteiger charge is 2.38. The zero-order chi connectivity index (χ0) is 35.2. The molecule has 0 aliphatic carbocycles. The van der Waals surface area contributed by atoms with Crippen LogP contribution in [0.3, 0.4) is 0 Å². The predicted molar refractivity (Wildman–Crippen MR) is 186 cm³/mol. The van der Waals surface area contributed by atoms with Gasteiger partial charge < -0.3 is 18.9 Å². The maximum atomic E-state index is 13.8. The summed E-state index contributed by atoms with van der Waals surface area (Å²) in [6.45, 7) is 3.00. The Morgan fingerprint density at radius 3 is 2.30 bits per heavy atom. The standard InChI is InChI=1S/C38H38Cl2FN3O6/c1-47-32-11-8-26(17-34(32)48-2)33(18-29-30(39)20-42-21-31(29)40)49-37(45)27-5-3-4-23(16-27)19-43-36(25-6-9-28(41)10-7-25)38(46)50-35-22-44-14-12-24(35)13-15-44/h3-11,16-17,20-21,24,33,35-36,43H,12-15,18-19,22H2,1-2H3/p+1/t33?,35-,36?/m0/s1. The molecule has 0 radical (unpaired) electrons. The number of fused-ring (bicyclic) bond motifs is 3. The normalized spacial score (nSPS) is 19.3. The minimum absolute atomic E-state index is 0.176. The fraction of sp³-hybridized carbons (Fsp3) is 0.342. The number of hydrogen-bond donors (Lipinski definition) is 1. The van der Waals surface area contributed by atoms with Crippen LogP contribution in [0.5, 0.6) is 11.5 Å². The number of aromatic nitrogens is 1. The summed E-state index contributed by atoms with van der Waals surface area (Å²) in [5.41, 5.74) is 2.88. The van der Waals surface area contributed by atoms with Crippen molar-refractivity contribution in [2.45, 2.75) is 44.1 Å². The molecule has 9 nitrogen and oxygen atoms in total. The first kappa shape index (κ1) is 35.6. The number of nitrogens with zero attached hydrogens (tertiary/aromatic N) is 1. The summed E-state index contributed by atoms with van der Waals surface area (Å²) in [5.74, 6) is -0.0433. The Labute approximate surface area is 300 Å². The van der Waals surface area contributed by atoms with Crippen LogP contribution in [0.15, 0.2) is 79.1 Å². The molecule has 50 heavy (non-hydrogen) atoms. The van der Waals surface area contributed by atoms with E-state index in [0.29, 0.717) is 49.7 Å². The smallest absolute Gasteiger partial charge is 0.338 e. The van der Waals surface area contributed by atoms with Gasteiger partial charge in [-0.25, -0.2) is 19.0 Å². The molecule has 0 saturated carbocycles. The van der Waals surface area contributed by atoms with Crippen molar-refractivity contribution < 1.29 is 37.9 Å². The van der Waals surface area contributed by atoms with Crippen LogP contribution in [-0.4, -0.2) is 56.8 Å². The topological polar surface area (TPSA) is 100 Å². The lowest BCUT2D eigenvalue weighted by Gasteiger charge is -2.44. The first-order valence-electron chi connectivity index (χ1n) is 16.5. The number of nitrogens with one attached hydrogen (secondary N) is 2. The molecule has 2 unspecified atom stereocenters. The summed E-state index contributed by atoms with van der Waals surface area (Å²) in [6.07, 6.45) is 4.46. The maximum Gasteiger partial charge on any atom is 0.338 e. The van der Waals surface area contributed by atoms with Crippen LogP contribution in [0.2, 0.25) is 10.0 Å². The number of ether oxygens (including phenoxy) is 4. The average Bonchev–Trinajstić information content (AvgIpc) is 3.13. The monoisotopic (exact) mass is 722 g/mol. The number of pyridine rings is 1. The molecule has 12 heteroatoms. The molecular weight excluding hydrogens is 684 g/mol. The number of methoxy groups -OCH3 is 2. The lowest BCUT2D eigenvalue weighted by molar-refractivity contribution is -0.377. The quantitative estimate of drug-likeness (QED) is 0.155. The van der Waals surface area contributed by atoms with E-state index in [-0.39, 0.29) is 19.1 Å². The lowest BCUT2D eigenvalue weighted by Crippen LogP contribution is -2.52. The average molecular weight is 724 g/mol. The molecule has 0 spiro atoms. The Morgan fingerprint density at radius 2 is 1.64 bits per heavy atom. The molecular formula is C38H39Cl2FN3O6+. The lowest BCUT2D eigenvalue weighted by atomic mass is 9.86. The predicted octanol–water partition coefficient (Wildman–Crippen LogP) is 6.57. The van der Waals surface area contributed by atoms with Crippen LogP contribution >= 0.6 is 23.2 Å². The van der Waals surface area contributed by atoms with E-state index < -0.39 is 29.9 Å². The summed E-state index contributed by atoms with van der Waals surface area (Å²) < 4.78 is 36.9. The summed E-state index contributed by atoms with van der Waals surface area (Å²) >= 11 is 13.0. The van der Waals surface area contributed by atoms with Crippen LogP contribution in [0.25, 0.3) is 0 Å². The Hall–Kier alpha value is -4.22. The molecule has 3 aromatic carbocycles. The van der Waals surface area contributed by atoms with Gasteiger partial charge in [0.15, 0.2) is 23.9 Å². The Kier molecular flexibility index (Phi) is 11.5. The van der Waals surface area contributed by atoms with Crippen LogP contribution in [0.4, 0.5) is 4.39 Å². The van der Waals surface area contributed by atoms with Gasteiger partial charge in [-0.15, -0.1) is 0 Å². The van der Waals surface area contributed by atoms with Gasteiger partial charge in [0.1, 0.15) is 34.1 Å².